The van der Waals surface area contributed by atoms with Gasteiger partial charge in [0.05, 0.1) is 13.2 Å². The number of nitrogens with one attached hydrogen (secondary N) is 3. The van der Waals surface area contributed by atoms with Crippen molar-refractivity contribution in [2.24, 2.45) is 0 Å². The van der Waals surface area contributed by atoms with Crippen molar-refractivity contribution in [2.75, 3.05) is 21.1 Å². The summed E-state index contributed by atoms with van der Waals surface area (Å²) in [4.78, 5) is 0. The largest absolute Gasteiger partial charge is 0.343 e. The zero-order valence-electron chi connectivity index (χ0n) is 7.69. The number of ether oxygens (including phenoxy) is 1. The van der Waals surface area contributed by atoms with E-state index in [0.717, 1.165) is 0 Å². The third kappa shape index (κ3) is 2.13. The van der Waals surface area contributed by atoms with Crippen LogP contribution in [0.4, 0.5) is 0 Å². The predicted molar refractivity (Wildman–Crippen MR) is 45.8 cm³/mol. The minimum absolute atomic E-state index is 0.134. The zero-order valence-corrected chi connectivity index (χ0v) is 7.69. The Balaban J connectivity index is 4.26. The van der Waals surface area contributed by atoms with Gasteiger partial charge in [-0.2, -0.15) is 0 Å². The summed E-state index contributed by atoms with van der Waals surface area (Å²) in [6.45, 7) is 2.00. The van der Waals surface area contributed by atoms with Gasteiger partial charge in [-0.05, 0) is 28.1 Å². The normalized spacial score (nSPS) is 15.0. The van der Waals surface area contributed by atoms with Crippen molar-refractivity contribution in [3.63, 3.8) is 0 Å². The highest BCUT2D eigenvalue weighted by Gasteiger charge is 2.31. The Kier molecular flexibility index (Phi) is 4.60. The van der Waals surface area contributed by atoms with Crippen LogP contribution in [0.15, 0.2) is 0 Å². The number of hydrogen-bond acceptors (Lipinski definition) is 4. The van der Waals surface area contributed by atoms with Crippen LogP contribution in [0.5, 0.6) is 0 Å². The highest BCUT2D eigenvalue weighted by atomic mass is 16.5. The summed E-state index contributed by atoms with van der Waals surface area (Å²) in [5.41, 5.74) is 0. The van der Waals surface area contributed by atoms with Gasteiger partial charge in [0.2, 0.25) is 0 Å². The molecule has 0 aliphatic rings. The summed E-state index contributed by atoms with van der Waals surface area (Å²) in [6.07, 6.45) is 0. The third-order valence-electron chi connectivity index (χ3n) is 2.01. The molecule has 0 bridgehead atoms. The molecule has 0 aromatic carbocycles. The smallest absolute Gasteiger partial charge is 0.189 e. The SMILES string of the molecule is [CH2]OC(NC)(NC)C(C)NC. The van der Waals surface area contributed by atoms with Crippen LogP contribution >= 0.6 is 0 Å². The first kappa shape index (κ1) is 10.8. The first-order chi connectivity index (χ1) is 5.16. The van der Waals surface area contributed by atoms with Gasteiger partial charge in [0.1, 0.15) is 0 Å². The standard InChI is InChI=1S/C7H18N3O/c1-6(8-2)7(9-3,10-4)11-5/h6,8-10H,5H2,1-4H3. The van der Waals surface area contributed by atoms with Gasteiger partial charge in [-0.1, -0.05) is 0 Å². The van der Waals surface area contributed by atoms with E-state index < -0.39 is 5.85 Å². The van der Waals surface area contributed by atoms with E-state index in [2.05, 4.69) is 23.1 Å². The molecule has 0 amide bonds. The van der Waals surface area contributed by atoms with Crippen LogP contribution in [-0.4, -0.2) is 33.0 Å². The van der Waals surface area contributed by atoms with Gasteiger partial charge in [-0.15, -0.1) is 0 Å². The maximum absolute atomic E-state index is 5.05. The Labute approximate surface area is 68.7 Å². The van der Waals surface area contributed by atoms with E-state index in [0.29, 0.717) is 0 Å². The summed E-state index contributed by atoms with van der Waals surface area (Å²) >= 11 is 0. The fraction of sp³-hybridized carbons (Fsp3) is 0.857. The molecule has 1 radical (unpaired) electrons. The maximum atomic E-state index is 5.05. The number of rotatable bonds is 5. The molecule has 0 aromatic rings. The molecular formula is C7H18N3O. The molecule has 0 aliphatic heterocycles. The van der Waals surface area contributed by atoms with Crippen molar-refractivity contribution >= 4 is 0 Å². The van der Waals surface area contributed by atoms with Crippen LogP contribution in [0, 0.1) is 7.11 Å². The highest BCUT2D eigenvalue weighted by Crippen LogP contribution is 2.05. The van der Waals surface area contributed by atoms with Crippen LogP contribution in [0.25, 0.3) is 0 Å². The molecule has 0 spiro atoms. The van der Waals surface area contributed by atoms with Crippen molar-refractivity contribution in [3.05, 3.63) is 7.11 Å². The van der Waals surface area contributed by atoms with Gasteiger partial charge in [-0.25, -0.2) is 0 Å². The van der Waals surface area contributed by atoms with E-state index in [1.807, 2.05) is 28.1 Å². The van der Waals surface area contributed by atoms with Crippen LogP contribution in [0.2, 0.25) is 0 Å². The lowest BCUT2D eigenvalue weighted by molar-refractivity contribution is -0.0579. The monoisotopic (exact) mass is 160 g/mol. The summed E-state index contributed by atoms with van der Waals surface area (Å²) in [5.74, 6) is -0.589. The molecule has 4 nitrogen and oxygen atoms in total. The Bertz CT molecular complexity index is 95.6. The number of hydrogen-bond donors (Lipinski definition) is 3. The number of likely N-dealkylation sites (N-methyl/N-ethyl adjacent to an activating group) is 3. The van der Waals surface area contributed by atoms with E-state index in [9.17, 15) is 0 Å². The lowest BCUT2D eigenvalue weighted by atomic mass is 10.2. The molecular weight excluding hydrogens is 142 g/mol. The molecule has 0 heterocycles. The van der Waals surface area contributed by atoms with E-state index >= 15 is 0 Å². The maximum Gasteiger partial charge on any atom is 0.189 e. The fourth-order valence-electron chi connectivity index (χ4n) is 1.03. The minimum Gasteiger partial charge on any atom is -0.343 e. The highest BCUT2D eigenvalue weighted by molar-refractivity contribution is 4.82. The molecule has 0 saturated carbocycles. The van der Waals surface area contributed by atoms with Crippen molar-refractivity contribution in [1.29, 1.82) is 0 Å². The van der Waals surface area contributed by atoms with Crippen molar-refractivity contribution in [1.82, 2.24) is 16.0 Å². The van der Waals surface area contributed by atoms with Crippen molar-refractivity contribution in [2.45, 2.75) is 18.8 Å². The molecule has 0 aromatic heterocycles. The molecule has 1 atom stereocenters. The Morgan fingerprint density at radius 1 is 1.27 bits per heavy atom. The molecule has 0 fully saturated rings. The quantitative estimate of drug-likeness (QED) is 0.474. The van der Waals surface area contributed by atoms with E-state index in [-0.39, 0.29) is 6.04 Å². The Hall–Kier alpha value is -0.160. The van der Waals surface area contributed by atoms with E-state index in [4.69, 9.17) is 4.74 Å². The van der Waals surface area contributed by atoms with E-state index in [1.54, 1.807) is 0 Å². The van der Waals surface area contributed by atoms with Crippen LogP contribution in [-0.2, 0) is 4.74 Å². The van der Waals surface area contributed by atoms with Gasteiger partial charge >= 0.3 is 0 Å². The van der Waals surface area contributed by atoms with Gasteiger partial charge in [0.15, 0.2) is 5.85 Å². The first-order valence-electron chi connectivity index (χ1n) is 3.65. The van der Waals surface area contributed by atoms with Gasteiger partial charge < -0.3 is 10.1 Å². The van der Waals surface area contributed by atoms with Crippen LogP contribution in [0.3, 0.4) is 0 Å². The molecule has 3 N–H and O–H groups in total. The molecule has 1 unspecified atom stereocenters. The fourth-order valence-corrected chi connectivity index (χ4v) is 1.03. The summed E-state index contributed by atoms with van der Waals surface area (Å²) in [6, 6.07) is 0.134. The van der Waals surface area contributed by atoms with E-state index in [1.165, 1.54) is 0 Å². The molecule has 0 aliphatic carbocycles. The van der Waals surface area contributed by atoms with Crippen molar-refractivity contribution < 1.29 is 4.74 Å². The topological polar surface area (TPSA) is 45.3 Å². The van der Waals surface area contributed by atoms with Crippen LogP contribution in [0.1, 0.15) is 6.92 Å². The summed E-state index contributed by atoms with van der Waals surface area (Å²) in [5, 5.41) is 9.08. The third-order valence-corrected chi connectivity index (χ3v) is 2.01. The lowest BCUT2D eigenvalue weighted by Crippen LogP contribution is -2.65. The van der Waals surface area contributed by atoms with Crippen LogP contribution < -0.4 is 16.0 Å². The second-order valence-corrected chi connectivity index (χ2v) is 2.39. The lowest BCUT2D eigenvalue weighted by Gasteiger charge is -2.36. The molecule has 67 valence electrons. The Morgan fingerprint density at radius 2 is 1.73 bits per heavy atom. The zero-order chi connectivity index (χ0) is 8.91. The van der Waals surface area contributed by atoms with Gasteiger partial charge in [0, 0.05) is 0 Å². The minimum atomic E-state index is -0.589. The second kappa shape index (κ2) is 4.66. The molecule has 4 heteroatoms. The van der Waals surface area contributed by atoms with Gasteiger partial charge in [0.25, 0.3) is 0 Å². The Morgan fingerprint density at radius 3 is 1.82 bits per heavy atom. The molecule has 0 rings (SSSR count). The summed E-state index contributed by atoms with van der Waals surface area (Å²) in [7, 11) is 8.90. The molecule has 0 saturated heterocycles. The second-order valence-electron chi connectivity index (χ2n) is 2.39. The average Bonchev–Trinajstić information content (AvgIpc) is 2.08. The van der Waals surface area contributed by atoms with Crippen molar-refractivity contribution in [3.8, 4) is 0 Å². The first-order valence-corrected chi connectivity index (χ1v) is 3.65. The molecule has 11 heavy (non-hydrogen) atoms. The predicted octanol–water partition coefficient (Wildman–Crippen LogP) is -0.505. The van der Waals surface area contributed by atoms with Gasteiger partial charge in [-0.3, -0.25) is 10.6 Å². The average molecular weight is 160 g/mol. The summed E-state index contributed by atoms with van der Waals surface area (Å²) < 4.78 is 5.05.